The molecule has 1 atom stereocenters. The first-order valence-corrected chi connectivity index (χ1v) is 22.5. The summed E-state index contributed by atoms with van der Waals surface area (Å²) < 4.78 is 0. The summed E-state index contributed by atoms with van der Waals surface area (Å²) in [5.74, 6) is 0. The van der Waals surface area contributed by atoms with Crippen molar-refractivity contribution in [2.24, 2.45) is 0 Å². The molecule has 0 heterocycles. The predicted octanol–water partition coefficient (Wildman–Crippen LogP) is 16.3. The molecular weight excluding hydrogens is 747 g/mol. The monoisotopic (exact) mass is 791 g/mol. The third-order valence-corrected chi connectivity index (χ3v) is 14.4. The molecule has 1 spiro atoms. The fourth-order valence-electron chi connectivity index (χ4n) is 11.9. The first kappa shape index (κ1) is 35.5. The number of benzene rings is 8. The first-order valence-electron chi connectivity index (χ1n) is 22.5. The Morgan fingerprint density at radius 1 is 0.468 bits per heavy atom. The molecule has 0 saturated heterocycles. The average molecular weight is 792 g/mol. The Labute approximate surface area is 364 Å². The number of allylic oxidation sites excluding steroid dienone is 9. The third kappa shape index (κ3) is 5.03. The van der Waals surface area contributed by atoms with Crippen molar-refractivity contribution in [3.8, 4) is 22.3 Å². The van der Waals surface area contributed by atoms with Gasteiger partial charge < -0.3 is 4.90 Å². The minimum absolute atomic E-state index is 0.429. The van der Waals surface area contributed by atoms with Gasteiger partial charge in [0.05, 0.1) is 11.1 Å². The molecule has 5 aliphatic rings. The zero-order valence-corrected chi connectivity index (χ0v) is 34.7. The summed E-state index contributed by atoms with van der Waals surface area (Å²) in [7, 11) is 0. The van der Waals surface area contributed by atoms with Crippen LogP contribution in [0, 0.1) is 0 Å². The van der Waals surface area contributed by atoms with E-state index in [0.29, 0.717) is 0 Å². The molecule has 0 radical (unpaired) electrons. The van der Waals surface area contributed by atoms with Crippen molar-refractivity contribution in [1.29, 1.82) is 0 Å². The summed E-state index contributed by atoms with van der Waals surface area (Å²) in [6, 6.07) is 59.7. The maximum atomic E-state index is 2.50. The second-order valence-corrected chi connectivity index (χ2v) is 17.6. The Bertz CT molecular complexity index is 3340. The number of para-hydroxylation sites is 1. The lowest BCUT2D eigenvalue weighted by molar-refractivity contribution is 0.782. The lowest BCUT2D eigenvalue weighted by atomic mass is 9.65. The molecule has 0 aliphatic heterocycles. The van der Waals surface area contributed by atoms with Gasteiger partial charge in [0.1, 0.15) is 0 Å². The van der Waals surface area contributed by atoms with Gasteiger partial charge in [-0.1, -0.05) is 164 Å². The van der Waals surface area contributed by atoms with E-state index in [2.05, 4.69) is 205 Å². The molecule has 8 aromatic rings. The van der Waals surface area contributed by atoms with E-state index in [4.69, 9.17) is 0 Å². The molecule has 0 bridgehead atoms. The van der Waals surface area contributed by atoms with Crippen molar-refractivity contribution < 1.29 is 0 Å². The molecule has 0 N–H and O–H groups in total. The van der Waals surface area contributed by atoms with Gasteiger partial charge in [-0.05, 0) is 169 Å². The zero-order valence-electron chi connectivity index (χ0n) is 34.7. The number of hydrogen-bond acceptors (Lipinski definition) is 1. The molecule has 13 rings (SSSR count). The zero-order chi connectivity index (χ0) is 40.8. The van der Waals surface area contributed by atoms with Crippen molar-refractivity contribution in [2.45, 2.75) is 43.9 Å². The van der Waals surface area contributed by atoms with Crippen molar-refractivity contribution in [3.63, 3.8) is 0 Å². The van der Waals surface area contributed by atoms with E-state index in [0.717, 1.165) is 55.6 Å². The van der Waals surface area contributed by atoms with Crippen LogP contribution >= 0.6 is 0 Å². The molecule has 0 fully saturated rings. The van der Waals surface area contributed by atoms with Crippen LogP contribution in [0.15, 0.2) is 200 Å². The van der Waals surface area contributed by atoms with Gasteiger partial charge in [0.2, 0.25) is 0 Å². The largest absolute Gasteiger partial charge is 0.310 e. The highest BCUT2D eigenvalue weighted by Gasteiger charge is 2.55. The lowest BCUT2D eigenvalue weighted by Crippen LogP contribution is -2.29. The number of rotatable bonds is 5. The standard InChI is InChI=1S/C61H45N/c1-4-18-40(19-5-1)42-33-37-57(54(39-42)41-20-6-2-7-21-41)62(44-22-8-3-9-23-44)45-34-36-46-43(38-45)32-35-53-58-51-28-12-10-24-47(51)48-25-11-13-29-52(48)60(58)61(59(46)53)55-30-16-14-26-49(55)50-27-15-17-31-56(50)61/h2-4,6-10,12-14,16-24,26,28-39H,1,5,11,15,25,27H2. The molecule has 0 amide bonds. The number of nitrogens with zero attached hydrogens (tertiary/aromatic N) is 1. The topological polar surface area (TPSA) is 3.24 Å². The van der Waals surface area contributed by atoms with E-state index in [1.807, 2.05) is 0 Å². The van der Waals surface area contributed by atoms with E-state index in [-0.39, 0.29) is 0 Å². The highest BCUT2D eigenvalue weighted by atomic mass is 15.1. The minimum Gasteiger partial charge on any atom is -0.310 e. The van der Waals surface area contributed by atoms with Gasteiger partial charge in [-0.15, -0.1) is 0 Å². The molecule has 8 aromatic carbocycles. The van der Waals surface area contributed by atoms with E-state index in [9.17, 15) is 0 Å². The van der Waals surface area contributed by atoms with Gasteiger partial charge in [-0.25, -0.2) is 0 Å². The highest BCUT2D eigenvalue weighted by Crippen LogP contribution is 2.67. The van der Waals surface area contributed by atoms with Gasteiger partial charge in [0.25, 0.3) is 0 Å². The van der Waals surface area contributed by atoms with Gasteiger partial charge in [0, 0.05) is 16.9 Å². The Kier molecular flexibility index (Phi) is 7.97. The Balaban J connectivity index is 1.09. The minimum atomic E-state index is -0.429. The number of fused-ring (bicyclic) bond motifs is 16. The molecule has 62 heavy (non-hydrogen) atoms. The molecule has 0 aromatic heterocycles. The van der Waals surface area contributed by atoms with Crippen molar-refractivity contribution in [3.05, 3.63) is 239 Å². The van der Waals surface area contributed by atoms with Gasteiger partial charge in [-0.2, -0.15) is 0 Å². The Morgan fingerprint density at radius 3 is 2.11 bits per heavy atom. The van der Waals surface area contributed by atoms with Gasteiger partial charge in [-0.3, -0.25) is 0 Å². The normalized spacial score (nSPS) is 17.8. The first-order chi connectivity index (χ1) is 30.8. The van der Waals surface area contributed by atoms with Crippen LogP contribution < -0.4 is 4.90 Å². The van der Waals surface area contributed by atoms with Gasteiger partial charge >= 0.3 is 0 Å². The maximum absolute atomic E-state index is 2.50. The fourth-order valence-corrected chi connectivity index (χ4v) is 11.9. The van der Waals surface area contributed by atoms with Crippen molar-refractivity contribution in [2.75, 3.05) is 4.90 Å². The Hall–Kier alpha value is -7.22. The lowest BCUT2D eigenvalue weighted by Gasteiger charge is -2.35. The number of hydrogen-bond donors (Lipinski definition) is 0. The van der Waals surface area contributed by atoms with E-state index >= 15 is 0 Å². The second-order valence-electron chi connectivity index (χ2n) is 17.6. The molecule has 1 unspecified atom stereocenters. The van der Waals surface area contributed by atoms with Crippen LogP contribution in [-0.2, 0) is 11.8 Å². The molecular formula is C61H45N. The average Bonchev–Trinajstić information content (AvgIpc) is 3.83. The Morgan fingerprint density at radius 2 is 1.24 bits per heavy atom. The van der Waals surface area contributed by atoms with Crippen LogP contribution in [0.2, 0.25) is 0 Å². The SMILES string of the molecule is C1=CC(c2ccc(N(c3ccccc3)c3ccc4c5c(ccc4c3)-c3c(c4c(c6ccccc36)CCC=C4)C53C4=C(CCC=C4)c4ccccc43)c(-c3ccccc3)c2)=CCC1. The molecule has 294 valence electrons. The van der Waals surface area contributed by atoms with Crippen LogP contribution in [0.25, 0.3) is 61.0 Å². The predicted molar refractivity (Wildman–Crippen MR) is 262 cm³/mol. The van der Waals surface area contributed by atoms with Crippen LogP contribution in [0.5, 0.6) is 0 Å². The summed E-state index contributed by atoms with van der Waals surface area (Å²) in [5.41, 5.74) is 22.5. The second kappa shape index (κ2) is 13.9. The van der Waals surface area contributed by atoms with E-state index < -0.39 is 5.41 Å². The summed E-state index contributed by atoms with van der Waals surface area (Å²) in [4.78, 5) is 2.47. The molecule has 1 heteroatoms. The number of aryl methyl sites for hydroxylation is 1. The summed E-state index contributed by atoms with van der Waals surface area (Å²) in [6.07, 6.45) is 23.3. The smallest absolute Gasteiger partial charge is 0.0734 e. The summed E-state index contributed by atoms with van der Waals surface area (Å²) in [5, 5.41) is 5.36. The van der Waals surface area contributed by atoms with Crippen LogP contribution in [0.3, 0.4) is 0 Å². The van der Waals surface area contributed by atoms with Crippen LogP contribution in [-0.4, -0.2) is 0 Å². The van der Waals surface area contributed by atoms with Gasteiger partial charge in [0.15, 0.2) is 0 Å². The van der Waals surface area contributed by atoms with Crippen LogP contribution in [0.4, 0.5) is 17.1 Å². The number of anilines is 3. The summed E-state index contributed by atoms with van der Waals surface area (Å²) >= 11 is 0. The molecule has 5 aliphatic carbocycles. The quantitative estimate of drug-likeness (QED) is 0.168. The van der Waals surface area contributed by atoms with E-state index in [1.54, 1.807) is 0 Å². The summed E-state index contributed by atoms with van der Waals surface area (Å²) in [6.45, 7) is 0. The molecule has 1 nitrogen and oxygen atoms in total. The third-order valence-electron chi connectivity index (χ3n) is 14.4. The van der Waals surface area contributed by atoms with E-state index in [1.165, 1.54) is 99.5 Å². The van der Waals surface area contributed by atoms with Crippen molar-refractivity contribution in [1.82, 2.24) is 0 Å². The maximum Gasteiger partial charge on any atom is 0.0734 e. The fraction of sp³-hybridized carbons (Fsp3) is 0.115. The highest BCUT2D eigenvalue weighted by molar-refractivity contribution is 6.14. The van der Waals surface area contributed by atoms with Crippen LogP contribution in [0.1, 0.15) is 71.0 Å². The molecule has 0 saturated carbocycles. The van der Waals surface area contributed by atoms with Crippen molar-refractivity contribution >= 4 is 55.8 Å².